The third-order valence-electron chi connectivity index (χ3n) is 5.80. The first-order valence-corrected chi connectivity index (χ1v) is 8.29. The smallest absolute Gasteiger partial charge is 0.0509 e. The van der Waals surface area contributed by atoms with E-state index >= 15 is 0 Å². The highest BCUT2D eigenvalue weighted by Crippen LogP contribution is 2.34. The average Bonchev–Trinajstić information content (AvgIpc) is 2.96. The van der Waals surface area contributed by atoms with E-state index < -0.39 is 0 Å². The molecule has 3 unspecified atom stereocenters. The summed E-state index contributed by atoms with van der Waals surface area (Å²) in [4.78, 5) is 2.78. The SMILES string of the molecule is CC1CNC2(CCCCC2)CN1C(C)C1CCOC1. The van der Waals surface area contributed by atoms with E-state index in [4.69, 9.17) is 4.74 Å². The Kier molecular flexibility index (Phi) is 4.16. The fraction of sp³-hybridized carbons (Fsp3) is 1.00. The van der Waals surface area contributed by atoms with Gasteiger partial charge in [0.1, 0.15) is 0 Å². The normalized spacial score (nSPS) is 37.6. The first-order chi connectivity index (χ1) is 9.20. The zero-order valence-electron chi connectivity index (χ0n) is 12.7. The average molecular weight is 266 g/mol. The predicted octanol–water partition coefficient (Wildman–Crippen LogP) is 2.41. The van der Waals surface area contributed by atoms with Crippen LogP contribution in [0.3, 0.4) is 0 Å². The van der Waals surface area contributed by atoms with Crippen LogP contribution < -0.4 is 5.32 Å². The third-order valence-corrected chi connectivity index (χ3v) is 5.80. The first-order valence-electron chi connectivity index (χ1n) is 8.29. The van der Waals surface area contributed by atoms with Crippen LogP contribution >= 0.6 is 0 Å². The topological polar surface area (TPSA) is 24.5 Å². The standard InChI is InChI=1S/C16H30N2O/c1-13-10-17-16(7-4-3-5-8-16)12-18(13)14(2)15-6-9-19-11-15/h13-15,17H,3-12H2,1-2H3. The van der Waals surface area contributed by atoms with Gasteiger partial charge in [0.2, 0.25) is 0 Å². The highest BCUT2D eigenvalue weighted by molar-refractivity contribution is 5.00. The van der Waals surface area contributed by atoms with Gasteiger partial charge in [-0.25, -0.2) is 0 Å². The Balaban J connectivity index is 1.67. The molecule has 2 saturated heterocycles. The number of ether oxygens (including phenoxy) is 1. The molecule has 0 bridgehead atoms. The maximum Gasteiger partial charge on any atom is 0.0509 e. The van der Waals surface area contributed by atoms with E-state index in [1.807, 2.05) is 0 Å². The van der Waals surface area contributed by atoms with Crippen molar-refractivity contribution in [2.75, 3.05) is 26.3 Å². The van der Waals surface area contributed by atoms with Crippen LogP contribution in [0, 0.1) is 5.92 Å². The van der Waals surface area contributed by atoms with Crippen LogP contribution in [0.4, 0.5) is 0 Å². The van der Waals surface area contributed by atoms with Crippen molar-refractivity contribution in [3.05, 3.63) is 0 Å². The molecule has 2 aliphatic heterocycles. The zero-order valence-corrected chi connectivity index (χ0v) is 12.7. The van der Waals surface area contributed by atoms with E-state index in [0.29, 0.717) is 17.6 Å². The van der Waals surface area contributed by atoms with Gasteiger partial charge in [-0.2, -0.15) is 0 Å². The van der Waals surface area contributed by atoms with Gasteiger partial charge in [0, 0.05) is 37.3 Å². The van der Waals surface area contributed by atoms with E-state index in [1.54, 1.807) is 0 Å². The molecule has 0 aromatic heterocycles. The number of nitrogens with one attached hydrogen (secondary N) is 1. The second kappa shape index (κ2) is 5.71. The van der Waals surface area contributed by atoms with Gasteiger partial charge in [-0.1, -0.05) is 19.3 Å². The maximum atomic E-state index is 5.60. The van der Waals surface area contributed by atoms with Gasteiger partial charge >= 0.3 is 0 Å². The summed E-state index contributed by atoms with van der Waals surface area (Å²) >= 11 is 0. The number of nitrogens with zero attached hydrogens (tertiary/aromatic N) is 1. The molecule has 1 aliphatic carbocycles. The zero-order chi connectivity index (χ0) is 13.3. The molecule has 0 amide bonds. The Morgan fingerprint density at radius 2 is 2.05 bits per heavy atom. The summed E-state index contributed by atoms with van der Waals surface area (Å²) < 4.78 is 5.60. The molecule has 1 spiro atoms. The highest BCUT2D eigenvalue weighted by atomic mass is 16.5. The molecule has 3 rings (SSSR count). The summed E-state index contributed by atoms with van der Waals surface area (Å²) in [5, 5.41) is 3.89. The Bertz CT molecular complexity index is 295. The number of hydrogen-bond donors (Lipinski definition) is 1. The second-order valence-corrected chi connectivity index (χ2v) is 7.11. The molecule has 0 aromatic carbocycles. The summed E-state index contributed by atoms with van der Waals surface area (Å²) in [6.45, 7) is 9.18. The van der Waals surface area contributed by atoms with Crippen LogP contribution in [0.1, 0.15) is 52.4 Å². The molecular formula is C16H30N2O. The molecule has 3 atom stereocenters. The molecular weight excluding hydrogens is 236 g/mol. The molecule has 19 heavy (non-hydrogen) atoms. The minimum atomic E-state index is 0.429. The Morgan fingerprint density at radius 3 is 2.74 bits per heavy atom. The van der Waals surface area contributed by atoms with Gasteiger partial charge < -0.3 is 10.1 Å². The van der Waals surface area contributed by atoms with E-state index in [0.717, 1.165) is 25.7 Å². The van der Waals surface area contributed by atoms with E-state index in [-0.39, 0.29) is 0 Å². The third kappa shape index (κ3) is 2.84. The summed E-state index contributed by atoms with van der Waals surface area (Å²) in [6.07, 6.45) is 8.27. The van der Waals surface area contributed by atoms with Gasteiger partial charge in [-0.05, 0) is 39.0 Å². The number of rotatable bonds is 2. The van der Waals surface area contributed by atoms with Crippen LogP contribution in [-0.4, -0.2) is 48.8 Å². The van der Waals surface area contributed by atoms with E-state index in [9.17, 15) is 0 Å². The molecule has 2 heterocycles. The lowest BCUT2D eigenvalue weighted by atomic mass is 9.78. The Morgan fingerprint density at radius 1 is 1.26 bits per heavy atom. The van der Waals surface area contributed by atoms with Gasteiger partial charge in [0.25, 0.3) is 0 Å². The van der Waals surface area contributed by atoms with Gasteiger partial charge in [0.15, 0.2) is 0 Å². The summed E-state index contributed by atoms with van der Waals surface area (Å²) in [5.41, 5.74) is 0.429. The summed E-state index contributed by atoms with van der Waals surface area (Å²) in [5.74, 6) is 0.751. The molecule has 3 fully saturated rings. The van der Waals surface area contributed by atoms with Crippen molar-refractivity contribution < 1.29 is 4.74 Å². The van der Waals surface area contributed by atoms with E-state index in [1.165, 1.54) is 45.1 Å². The molecule has 1 saturated carbocycles. The monoisotopic (exact) mass is 266 g/mol. The van der Waals surface area contributed by atoms with Crippen molar-refractivity contribution in [1.29, 1.82) is 0 Å². The Hall–Kier alpha value is -0.120. The Labute approximate surface area is 118 Å². The minimum absolute atomic E-state index is 0.429. The van der Waals surface area contributed by atoms with Crippen LogP contribution in [-0.2, 0) is 4.74 Å². The first kappa shape index (κ1) is 13.8. The quantitative estimate of drug-likeness (QED) is 0.830. The minimum Gasteiger partial charge on any atom is -0.381 e. The predicted molar refractivity (Wildman–Crippen MR) is 78.4 cm³/mol. The summed E-state index contributed by atoms with van der Waals surface area (Å²) in [6, 6.07) is 1.35. The largest absolute Gasteiger partial charge is 0.381 e. The molecule has 0 radical (unpaired) electrons. The molecule has 3 aliphatic rings. The molecule has 1 N–H and O–H groups in total. The molecule has 3 heteroatoms. The van der Waals surface area contributed by atoms with Gasteiger partial charge in [-0.15, -0.1) is 0 Å². The molecule has 3 nitrogen and oxygen atoms in total. The number of hydrogen-bond acceptors (Lipinski definition) is 3. The van der Waals surface area contributed by atoms with Crippen molar-refractivity contribution in [1.82, 2.24) is 10.2 Å². The van der Waals surface area contributed by atoms with Crippen LogP contribution in [0.5, 0.6) is 0 Å². The van der Waals surface area contributed by atoms with Gasteiger partial charge in [-0.3, -0.25) is 4.90 Å². The molecule has 0 aromatic rings. The number of piperazine rings is 1. The van der Waals surface area contributed by atoms with Crippen LogP contribution in [0.25, 0.3) is 0 Å². The highest BCUT2D eigenvalue weighted by Gasteiger charge is 2.41. The van der Waals surface area contributed by atoms with E-state index in [2.05, 4.69) is 24.1 Å². The van der Waals surface area contributed by atoms with Crippen LogP contribution in [0.15, 0.2) is 0 Å². The van der Waals surface area contributed by atoms with Crippen molar-refractivity contribution >= 4 is 0 Å². The van der Waals surface area contributed by atoms with Crippen molar-refractivity contribution in [2.45, 2.75) is 70.0 Å². The fourth-order valence-electron chi connectivity index (χ4n) is 4.36. The van der Waals surface area contributed by atoms with Crippen molar-refractivity contribution in [3.8, 4) is 0 Å². The lowest BCUT2D eigenvalue weighted by Crippen LogP contribution is -2.66. The lowest BCUT2D eigenvalue weighted by molar-refractivity contribution is 0.0150. The fourth-order valence-corrected chi connectivity index (χ4v) is 4.36. The van der Waals surface area contributed by atoms with Gasteiger partial charge in [0.05, 0.1) is 6.61 Å². The lowest BCUT2D eigenvalue weighted by Gasteiger charge is -2.51. The van der Waals surface area contributed by atoms with Crippen molar-refractivity contribution in [3.63, 3.8) is 0 Å². The van der Waals surface area contributed by atoms with Crippen molar-refractivity contribution in [2.24, 2.45) is 5.92 Å². The second-order valence-electron chi connectivity index (χ2n) is 7.11. The molecule has 110 valence electrons. The van der Waals surface area contributed by atoms with Crippen LogP contribution in [0.2, 0.25) is 0 Å². The maximum absolute atomic E-state index is 5.60. The summed E-state index contributed by atoms with van der Waals surface area (Å²) in [7, 11) is 0.